The van der Waals surface area contributed by atoms with Crippen molar-refractivity contribution in [1.82, 2.24) is 9.38 Å². The molecule has 20 heavy (non-hydrogen) atoms. The van der Waals surface area contributed by atoms with Gasteiger partial charge in [0.15, 0.2) is 6.29 Å². The van der Waals surface area contributed by atoms with Crippen molar-refractivity contribution in [2.45, 2.75) is 6.42 Å². The van der Waals surface area contributed by atoms with Crippen molar-refractivity contribution >= 4 is 11.8 Å². The Morgan fingerprint density at radius 3 is 3.00 bits per heavy atom. The lowest BCUT2D eigenvalue weighted by atomic mass is 10.1. The number of nitrogens with zero attached hydrogens (tertiary/aromatic N) is 2. The zero-order chi connectivity index (χ0) is 13.9. The van der Waals surface area contributed by atoms with Crippen LogP contribution in [0.3, 0.4) is 0 Å². The van der Waals surface area contributed by atoms with E-state index in [2.05, 4.69) is 4.98 Å². The highest BCUT2D eigenvalue weighted by Gasteiger charge is 2.06. The number of hydrogen-bond donors (Lipinski definition) is 0. The van der Waals surface area contributed by atoms with Gasteiger partial charge in [0.1, 0.15) is 11.6 Å². The zero-order valence-electron chi connectivity index (χ0n) is 11.1. The minimum absolute atomic E-state index is 0.641. The fourth-order valence-electron chi connectivity index (χ4n) is 2.23. The summed E-state index contributed by atoms with van der Waals surface area (Å²) < 4.78 is 7.17. The van der Waals surface area contributed by atoms with Gasteiger partial charge in [0.2, 0.25) is 0 Å². The number of carbonyl (C=O) groups is 1. The first-order chi connectivity index (χ1) is 9.80. The van der Waals surface area contributed by atoms with Crippen LogP contribution >= 0.6 is 0 Å². The average molecular weight is 266 g/mol. The normalized spacial score (nSPS) is 10.7. The minimum Gasteiger partial charge on any atom is -0.497 e. The third kappa shape index (κ3) is 2.28. The third-order valence-corrected chi connectivity index (χ3v) is 3.26. The summed E-state index contributed by atoms with van der Waals surface area (Å²) in [4.78, 5) is 15.3. The highest BCUT2D eigenvalue weighted by molar-refractivity contribution is 5.75. The van der Waals surface area contributed by atoms with E-state index in [9.17, 15) is 4.79 Å². The van der Waals surface area contributed by atoms with Gasteiger partial charge in [-0.05, 0) is 29.8 Å². The van der Waals surface area contributed by atoms with Crippen molar-refractivity contribution in [3.05, 3.63) is 65.7 Å². The first kappa shape index (κ1) is 12.4. The molecule has 1 aromatic carbocycles. The molecule has 0 radical (unpaired) electrons. The van der Waals surface area contributed by atoms with Crippen LogP contribution < -0.4 is 4.74 Å². The number of rotatable bonds is 4. The Morgan fingerprint density at radius 1 is 1.30 bits per heavy atom. The van der Waals surface area contributed by atoms with Crippen molar-refractivity contribution < 1.29 is 9.53 Å². The van der Waals surface area contributed by atoms with Crippen LogP contribution in [0.5, 0.6) is 5.75 Å². The molecule has 0 unspecified atom stereocenters. The lowest BCUT2D eigenvalue weighted by Gasteiger charge is -2.05. The van der Waals surface area contributed by atoms with Crippen LogP contribution in [0, 0.1) is 0 Å². The molecule has 3 rings (SSSR count). The fraction of sp³-hybridized carbons (Fsp3) is 0.125. The second kappa shape index (κ2) is 5.17. The smallest absolute Gasteiger partial charge is 0.151 e. The lowest BCUT2D eigenvalue weighted by molar-refractivity contribution is 0.112. The Morgan fingerprint density at radius 2 is 2.20 bits per heavy atom. The number of imidazole rings is 1. The maximum absolute atomic E-state index is 10.9. The number of ether oxygens (including phenoxy) is 1. The number of carbonyl (C=O) groups excluding carboxylic acids is 1. The molecule has 0 aliphatic carbocycles. The standard InChI is InChI=1S/C16H14N2O2/c1-20-15-4-2-3-12(7-15)8-16-17-9-14-6-5-13(11-19)10-18(14)16/h2-7,9-11H,8H2,1H3. The van der Waals surface area contributed by atoms with Crippen LogP contribution in [0.4, 0.5) is 0 Å². The zero-order valence-corrected chi connectivity index (χ0v) is 11.1. The predicted molar refractivity (Wildman–Crippen MR) is 76.4 cm³/mol. The van der Waals surface area contributed by atoms with Crippen molar-refractivity contribution in [2.75, 3.05) is 7.11 Å². The molecule has 0 N–H and O–H groups in total. The third-order valence-electron chi connectivity index (χ3n) is 3.26. The average Bonchev–Trinajstić information content (AvgIpc) is 2.89. The molecule has 100 valence electrons. The van der Waals surface area contributed by atoms with Crippen LogP contribution in [0.1, 0.15) is 21.7 Å². The van der Waals surface area contributed by atoms with Crippen LogP contribution in [-0.2, 0) is 6.42 Å². The van der Waals surface area contributed by atoms with E-state index in [0.717, 1.165) is 28.9 Å². The van der Waals surface area contributed by atoms with Crippen LogP contribution in [0.15, 0.2) is 48.8 Å². The van der Waals surface area contributed by atoms with Crippen LogP contribution in [-0.4, -0.2) is 22.8 Å². The molecule has 0 atom stereocenters. The molecule has 0 saturated carbocycles. The molecule has 2 heterocycles. The van der Waals surface area contributed by atoms with Crippen molar-refractivity contribution in [3.63, 3.8) is 0 Å². The van der Waals surface area contributed by atoms with Gasteiger partial charge in [0, 0.05) is 18.2 Å². The molecule has 4 heteroatoms. The number of benzene rings is 1. The molecule has 2 aromatic heterocycles. The molecule has 0 spiro atoms. The molecular formula is C16H14N2O2. The van der Waals surface area contributed by atoms with E-state index in [-0.39, 0.29) is 0 Å². The van der Waals surface area contributed by atoms with E-state index in [1.807, 2.05) is 47.1 Å². The summed E-state index contributed by atoms with van der Waals surface area (Å²) in [6, 6.07) is 11.6. The quantitative estimate of drug-likeness (QED) is 0.682. The van der Waals surface area contributed by atoms with Gasteiger partial charge in [-0.3, -0.25) is 4.79 Å². The van der Waals surface area contributed by atoms with Gasteiger partial charge in [-0.25, -0.2) is 4.98 Å². The van der Waals surface area contributed by atoms with Crippen molar-refractivity contribution in [2.24, 2.45) is 0 Å². The molecule has 0 saturated heterocycles. The molecule has 4 nitrogen and oxygen atoms in total. The summed E-state index contributed by atoms with van der Waals surface area (Å²) in [7, 11) is 1.65. The summed E-state index contributed by atoms with van der Waals surface area (Å²) in [5.74, 6) is 1.73. The van der Waals surface area contributed by atoms with Gasteiger partial charge >= 0.3 is 0 Å². The largest absolute Gasteiger partial charge is 0.497 e. The number of methoxy groups -OCH3 is 1. The summed E-state index contributed by atoms with van der Waals surface area (Å²) in [5, 5.41) is 0. The Kier molecular flexibility index (Phi) is 3.21. The number of hydrogen-bond acceptors (Lipinski definition) is 3. The molecule has 0 aliphatic rings. The highest BCUT2D eigenvalue weighted by Crippen LogP contribution is 2.17. The predicted octanol–water partition coefficient (Wildman–Crippen LogP) is 2.75. The summed E-state index contributed by atoms with van der Waals surface area (Å²) in [6.45, 7) is 0. The van der Waals surface area contributed by atoms with E-state index in [1.165, 1.54) is 0 Å². The van der Waals surface area contributed by atoms with Gasteiger partial charge in [-0.15, -0.1) is 0 Å². The molecule has 0 amide bonds. The minimum atomic E-state index is 0.641. The van der Waals surface area contributed by atoms with Gasteiger partial charge in [0.25, 0.3) is 0 Å². The Bertz CT molecular complexity index is 762. The van der Waals surface area contributed by atoms with Gasteiger partial charge in [-0.2, -0.15) is 0 Å². The second-order valence-electron chi connectivity index (χ2n) is 4.58. The molecular weight excluding hydrogens is 252 g/mol. The SMILES string of the molecule is COc1cccc(Cc2ncc3ccc(C=O)cn23)c1. The topological polar surface area (TPSA) is 43.6 Å². The van der Waals surface area contributed by atoms with Gasteiger partial charge in [0.05, 0.1) is 18.8 Å². The second-order valence-corrected chi connectivity index (χ2v) is 4.58. The number of aromatic nitrogens is 2. The highest BCUT2D eigenvalue weighted by atomic mass is 16.5. The van der Waals surface area contributed by atoms with Crippen molar-refractivity contribution in [1.29, 1.82) is 0 Å². The first-order valence-electron chi connectivity index (χ1n) is 6.34. The van der Waals surface area contributed by atoms with Crippen LogP contribution in [0.2, 0.25) is 0 Å². The van der Waals surface area contributed by atoms with E-state index in [1.54, 1.807) is 13.2 Å². The Balaban J connectivity index is 1.99. The number of aldehydes is 1. The van der Waals surface area contributed by atoms with Crippen LogP contribution in [0.25, 0.3) is 5.52 Å². The molecule has 3 aromatic rings. The summed E-state index contributed by atoms with van der Waals surface area (Å²) in [6.07, 6.45) is 5.15. The Labute approximate surface area is 116 Å². The Hall–Kier alpha value is -2.62. The van der Waals surface area contributed by atoms with Gasteiger partial charge in [-0.1, -0.05) is 12.1 Å². The fourth-order valence-corrected chi connectivity index (χ4v) is 2.23. The maximum Gasteiger partial charge on any atom is 0.151 e. The maximum atomic E-state index is 10.9. The van der Waals surface area contributed by atoms with E-state index >= 15 is 0 Å². The van der Waals surface area contributed by atoms with E-state index in [0.29, 0.717) is 12.0 Å². The molecule has 0 fully saturated rings. The lowest BCUT2D eigenvalue weighted by Crippen LogP contribution is -1.98. The van der Waals surface area contributed by atoms with Crippen molar-refractivity contribution in [3.8, 4) is 5.75 Å². The summed E-state index contributed by atoms with van der Waals surface area (Å²) in [5.41, 5.74) is 2.74. The monoisotopic (exact) mass is 266 g/mol. The molecule has 0 bridgehead atoms. The number of pyridine rings is 1. The summed E-state index contributed by atoms with van der Waals surface area (Å²) >= 11 is 0. The number of fused-ring (bicyclic) bond motifs is 1. The van der Waals surface area contributed by atoms with Gasteiger partial charge < -0.3 is 9.14 Å². The van der Waals surface area contributed by atoms with E-state index < -0.39 is 0 Å². The molecule has 0 aliphatic heterocycles. The van der Waals surface area contributed by atoms with E-state index in [4.69, 9.17) is 4.74 Å². The first-order valence-corrected chi connectivity index (χ1v) is 6.34.